The van der Waals surface area contributed by atoms with Crippen molar-refractivity contribution in [1.82, 2.24) is 19.7 Å². The Hall–Kier alpha value is -3.24. The van der Waals surface area contributed by atoms with Crippen LogP contribution in [-0.2, 0) is 21.2 Å². The van der Waals surface area contributed by atoms with Gasteiger partial charge in [0.1, 0.15) is 17.2 Å². The van der Waals surface area contributed by atoms with Crippen molar-refractivity contribution in [2.24, 2.45) is 11.8 Å². The van der Waals surface area contributed by atoms with Crippen LogP contribution >= 0.6 is 0 Å². The maximum atomic E-state index is 12.8. The van der Waals surface area contributed by atoms with E-state index in [1.54, 1.807) is 24.6 Å². The molecule has 9 nitrogen and oxygen atoms in total. The van der Waals surface area contributed by atoms with Crippen molar-refractivity contribution in [3.63, 3.8) is 0 Å². The third-order valence-corrected chi connectivity index (χ3v) is 6.81. The molecule has 0 spiro atoms. The Morgan fingerprint density at radius 1 is 1.09 bits per heavy atom. The molecule has 0 unspecified atom stereocenters. The Labute approximate surface area is 191 Å². The SMILES string of the molecule is CC(C)Cc1cn(-c2ccc3c(c2)oc2ccc(S(=O)(=O)N[C@@H](C(=O)O)C(C)C)cc23)nn1. The summed E-state index contributed by atoms with van der Waals surface area (Å²) < 4.78 is 35.6. The smallest absolute Gasteiger partial charge is 0.322 e. The number of fused-ring (bicyclic) bond motifs is 3. The molecule has 4 rings (SSSR count). The highest BCUT2D eigenvalue weighted by molar-refractivity contribution is 7.89. The predicted molar refractivity (Wildman–Crippen MR) is 124 cm³/mol. The molecule has 33 heavy (non-hydrogen) atoms. The van der Waals surface area contributed by atoms with Crippen LogP contribution in [0.2, 0.25) is 0 Å². The lowest BCUT2D eigenvalue weighted by Gasteiger charge is -2.17. The van der Waals surface area contributed by atoms with E-state index in [1.165, 1.54) is 12.1 Å². The van der Waals surface area contributed by atoms with Gasteiger partial charge in [-0.3, -0.25) is 4.79 Å². The van der Waals surface area contributed by atoms with Gasteiger partial charge >= 0.3 is 5.97 Å². The molecule has 1 atom stereocenters. The van der Waals surface area contributed by atoms with Gasteiger partial charge in [0.15, 0.2) is 0 Å². The summed E-state index contributed by atoms with van der Waals surface area (Å²) in [6.45, 7) is 7.53. The zero-order valence-corrected chi connectivity index (χ0v) is 19.6. The largest absolute Gasteiger partial charge is 0.480 e. The molecule has 2 aromatic heterocycles. The summed E-state index contributed by atoms with van der Waals surface area (Å²) in [4.78, 5) is 11.4. The molecule has 0 saturated carbocycles. The summed E-state index contributed by atoms with van der Waals surface area (Å²) >= 11 is 0. The van der Waals surface area contributed by atoms with Crippen molar-refractivity contribution in [2.75, 3.05) is 0 Å². The zero-order valence-electron chi connectivity index (χ0n) is 18.8. The molecule has 0 bridgehead atoms. The normalized spacial score (nSPS) is 13.4. The second-order valence-electron chi connectivity index (χ2n) is 8.87. The quantitative estimate of drug-likeness (QED) is 0.401. The molecule has 0 aliphatic carbocycles. The van der Waals surface area contributed by atoms with Crippen molar-refractivity contribution in [1.29, 1.82) is 0 Å². The van der Waals surface area contributed by atoms with Gasteiger partial charge in [0.2, 0.25) is 10.0 Å². The number of nitrogens with zero attached hydrogens (tertiary/aromatic N) is 3. The topological polar surface area (TPSA) is 127 Å². The lowest BCUT2D eigenvalue weighted by Crippen LogP contribution is -2.44. The van der Waals surface area contributed by atoms with Gasteiger partial charge in [0.25, 0.3) is 0 Å². The standard InChI is InChI=1S/C23H26N4O5S/c1-13(2)9-15-12-27(26-24-15)16-5-7-18-19-11-17(6-8-20(19)32-21(18)10-16)33(30,31)25-22(14(3)4)23(28)29/h5-8,10-14,22,25H,9H2,1-4H3,(H,28,29)/t22-/m1/s1. The molecular weight excluding hydrogens is 444 g/mol. The van der Waals surface area contributed by atoms with Gasteiger partial charge in [-0.15, -0.1) is 5.10 Å². The predicted octanol–water partition coefficient (Wildman–Crippen LogP) is 3.75. The molecule has 2 heterocycles. The van der Waals surface area contributed by atoms with Crippen molar-refractivity contribution < 1.29 is 22.7 Å². The summed E-state index contributed by atoms with van der Waals surface area (Å²) in [5.74, 6) is -1.16. The van der Waals surface area contributed by atoms with Crippen molar-refractivity contribution in [3.8, 4) is 5.69 Å². The van der Waals surface area contributed by atoms with E-state index >= 15 is 0 Å². The van der Waals surface area contributed by atoms with Gasteiger partial charge in [-0.25, -0.2) is 13.1 Å². The Morgan fingerprint density at radius 2 is 1.85 bits per heavy atom. The van der Waals surface area contributed by atoms with Crippen molar-refractivity contribution in [3.05, 3.63) is 48.3 Å². The zero-order chi connectivity index (χ0) is 23.9. The van der Waals surface area contributed by atoms with Crippen LogP contribution in [0.25, 0.3) is 27.6 Å². The number of carbonyl (C=O) groups is 1. The second kappa shape index (κ2) is 8.60. The first-order valence-corrected chi connectivity index (χ1v) is 12.2. The van der Waals surface area contributed by atoms with E-state index in [4.69, 9.17) is 4.42 Å². The van der Waals surface area contributed by atoms with E-state index in [-0.39, 0.29) is 4.90 Å². The first-order chi connectivity index (χ1) is 15.5. The van der Waals surface area contributed by atoms with Gasteiger partial charge in [-0.05, 0) is 48.6 Å². The number of sulfonamides is 1. The number of carboxylic acids is 1. The minimum atomic E-state index is -4.04. The lowest BCUT2D eigenvalue weighted by atomic mass is 10.1. The average Bonchev–Trinajstić information content (AvgIpc) is 3.34. The third kappa shape index (κ3) is 4.62. The van der Waals surface area contributed by atoms with Crippen molar-refractivity contribution >= 4 is 37.9 Å². The van der Waals surface area contributed by atoms with Crippen LogP contribution in [0.1, 0.15) is 33.4 Å². The van der Waals surface area contributed by atoms with Crippen LogP contribution in [0, 0.1) is 11.8 Å². The van der Waals surface area contributed by atoms with Gasteiger partial charge in [-0.2, -0.15) is 4.72 Å². The summed E-state index contributed by atoms with van der Waals surface area (Å²) in [6.07, 6.45) is 2.71. The third-order valence-electron chi connectivity index (χ3n) is 5.37. The number of carboxylic acid groups (broad SMARTS) is 1. The fourth-order valence-corrected chi connectivity index (χ4v) is 5.06. The molecule has 0 aliphatic heterocycles. The average molecular weight is 471 g/mol. The molecule has 0 saturated heterocycles. The van der Waals surface area contributed by atoms with E-state index in [9.17, 15) is 18.3 Å². The lowest BCUT2D eigenvalue weighted by molar-refractivity contribution is -0.140. The summed E-state index contributed by atoms with van der Waals surface area (Å²) in [5, 5.41) is 19.1. The van der Waals surface area contributed by atoms with Gasteiger partial charge in [0, 0.05) is 16.8 Å². The highest BCUT2D eigenvalue weighted by Crippen LogP contribution is 2.32. The van der Waals surface area contributed by atoms with Crippen LogP contribution in [0.15, 0.2) is 51.9 Å². The van der Waals surface area contributed by atoms with E-state index in [2.05, 4.69) is 28.9 Å². The minimum Gasteiger partial charge on any atom is -0.480 e. The summed E-state index contributed by atoms with van der Waals surface area (Å²) in [6, 6.07) is 8.79. The second-order valence-corrected chi connectivity index (χ2v) is 10.6. The molecule has 2 N–H and O–H groups in total. The number of aliphatic carboxylic acids is 1. The minimum absolute atomic E-state index is 0.0247. The van der Waals surface area contributed by atoms with E-state index in [1.807, 2.05) is 24.4 Å². The van der Waals surface area contributed by atoms with Crippen LogP contribution in [-0.4, -0.2) is 40.5 Å². The van der Waals surface area contributed by atoms with E-state index in [0.29, 0.717) is 22.5 Å². The number of hydrogen-bond acceptors (Lipinski definition) is 6. The van der Waals surface area contributed by atoms with Gasteiger partial charge in [-0.1, -0.05) is 32.9 Å². The molecule has 174 valence electrons. The number of aromatic nitrogens is 3. The Balaban J connectivity index is 1.70. The molecule has 0 amide bonds. The summed E-state index contributed by atoms with van der Waals surface area (Å²) in [7, 11) is -4.04. The monoisotopic (exact) mass is 470 g/mol. The number of furan rings is 1. The fraction of sp³-hybridized carbons (Fsp3) is 0.348. The van der Waals surface area contributed by atoms with Crippen LogP contribution in [0.3, 0.4) is 0 Å². The molecule has 0 fully saturated rings. The van der Waals surface area contributed by atoms with Gasteiger partial charge < -0.3 is 9.52 Å². The molecular formula is C23H26N4O5S. The fourth-order valence-electron chi connectivity index (χ4n) is 3.70. The maximum absolute atomic E-state index is 12.8. The first-order valence-electron chi connectivity index (χ1n) is 10.7. The molecule has 2 aromatic carbocycles. The highest BCUT2D eigenvalue weighted by atomic mass is 32.2. The van der Waals surface area contributed by atoms with Crippen molar-refractivity contribution in [2.45, 2.75) is 45.1 Å². The number of nitrogens with one attached hydrogen (secondary N) is 1. The first kappa shape index (κ1) is 22.9. The molecule has 0 aliphatic rings. The Bertz CT molecular complexity index is 1440. The maximum Gasteiger partial charge on any atom is 0.322 e. The van der Waals surface area contributed by atoms with Gasteiger partial charge in [0.05, 0.1) is 22.5 Å². The van der Waals surface area contributed by atoms with E-state index in [0.717, 1.165) is 23.2 Å². The Kier molecular flexibility index (Phi) is 5.98. The molecule has 4 aromatic rings. The van der Waals surface area contributed by atoms with Crippen LogP contribution in [0.4, 0.5) is 0 Å². The Morgan fingerprint density at radius 3 is 2.52 bits per heavy atom. The number of hydrogen-bond donors (Lipinski definition) is 2. The molecule has 10 heteroatoms. The number of benzene rings is 2. The highest BCUT2D eigenvalue weighted by Gasteiger charge is 2.28. The van der Waals surface area contributed by atoms with E-state index < -0.39 is 28.0 Å². The summed E-state index contributed by atoms with van der Waals surface area (Å²) in [5.41, 5.74) is 2.79. The number of rotatable bonds is 8. The van der Waals surface area contributed by atoms with Crippen LogP contribution < -0.4 is 4.72 Å². The molecule has 0 radical (unpaired) electrons. The van der Waals surface area contributed by atoms with Crippen LogP contribution in [0.5, 0.6) is 0 Å².